The molecule has 21 heavy (non-hydrogen) atoms. The number of rotatable bonds is 5. The smallest absolute Gasteiger partial charge is 0.193 e. The van der Waals surface area contributed by atoms with Gasteiger partial charge in [0.05, 0.1) is 12.6 Å². The molecule has 1 fully saturated rings. The summed E-state index contributed by atoms with van der Waals surface area (Å²) in [6.07, 6.45) is 2.56. The molecule has 0 radical (unpaired) electrons. The number of hydrogen-bond acceptors (Lipinski definition) is 2. The van der Waals surface area contributed by atoms with E-state index in [-0.39, 0.29) is 0 Å². The van der Waals surface area contributed by atoms with E-state index in [1.54, 1.807) is 0 Å². The second-order valence-corrected chi connectivity index (χ2v) is 5.78. The fourth-order valence-electron chi connectivity index (χ4n) is 2.77. The quantitative estimate of drug-likeness (QED) is 0.666. The van der Waals surface area contributed by atoms with E-state index in [2.05, 4.69) is 66.5 Å². The van der Waals surface area contributed by atoms with Crippen molar-refractivity contribution in [3.8, 4) is 0 Å². The molecule has 0 aliphatic carbocycles. The van der Waals surface area contributed by atoms with Gasteiger partial charge in [0.15, 0.2) is 5.96 Å². The van der Waals surface area contributed by atoms with Crippen LogP contribution in [-0.4, -0.2) is 56.0 Å². The summed E-state index contributed by atoms with van der Waals surface area (Å²) in [5.41, 5.74) is 1.32. The number of guanidine groups is 1. The highest BCUT2D eigenvalue weighted by atomic mass is 15.3. The normalized spacial score (nSPS) is 17.3. The molecule has 0 bridgehead atoms. The second-order valence-electron chi connectivity index (χ2n) is 5.78. The fourth-order valence-corrected chi connectivity index (χ4v) is 2.77. The number of nitrogens with one attached hydrogen (secondary N) is 1. The molecule has 1 N–H and O–H groups in total. The van der Waals surface area contributed by atoms with Crippen molar-refractivity contribution < 1.29 is 0 Å². The van der Waals surface area contributed by atoms with Crippen LogP contribution in [0.25, 0.3) is 0 Å². The van der Waals surface area contributed by atoms with Crippen LogP contribution < -0.4 is 5.32 Å². The van der Waals surface area contributed by atoms with E-state index in [0.717, 1.165) is 32.1 Å². The van der Waals surface area contributed by atoms with Gasteiger partial charge < -0.3 is 15.1 Å². The Bertz CT molecular complexity index is 435. The van der Waals surface area contributed by atoms with Crippen molar-refractivity contribution >= 4 is 5.96 Å². The molecule has 1 aliphatic heterocycles. The number of benzene rings is 1. The van der Waals surface area contributed by atoms with Crippen molar-refractivity contribution in [2.45, 2.75) is 25.8 Å². The van der Waals surface area contributed by atoms with E-state index < -0.39 is 0 Å². The van der Waals surface area contributed by atoms with Crippen molar-refractivity contribution in [3.05, 3.63) is 35.9 Å². The fraction of sp³-hybridized carbons (Fsp3) is 0.588. The SMILES string of the molecule is CCNC(=NCC(c1ccccc1)N(C)C)N1CCCC1. The minimum atomic E-state index is 0.322. The zero-order chi connectivity index (χ0) is 15.1. The molecule has 1 atom stereocenters. The predicted octanol–water partition coefficient (Wildman–Crippen LogP) is 2.35. The summed E-state index contributed by atoms with van der Waals surface area (Å²) in [4.78, 5) is 9.50. The molecule has 1 aromatic rings. The van der Waals surface area contributed by atoms with Crippen LogP contribution in [0, 0.1) is 0 Å². The van der Waals surface area contributed by atoms with Gasteiger partial charge in [-0.2, -0.15) is 0 Å². The van der Waals surface area contributed by atoms with Gasteiger partial charge in [-0.1, -0.05) is 30.3 Å². The molecule has 4 nitrogen and oxygen atoms in total. The van der Waals surface area contributed by atoms with E-state index in [1.807, 2.05) is 0 Å². The third-order valence-corrected chi connectivity index (χ3v) is 3.96. The van der Waals surface area contributed by atoms with Crippen LogP contribution in [0.5, 0.6) is 0 Å². The van der Waals surface area contributed by atoms with Crippen LogP contribution in [0.3, 0.4) is 0 Å². The predicted molar refractivity (Wildman–Crippen MR) is 89.7 cm³/mol. The van der Waals surface area contributed by atoms with Gasteiger partial charge >= 0.3 is 0 Å². The average Bonchev–Trinajstić information content (AvgIpc) is 3.01. The summed E-state index contributed by atoms with van der Waals surface area (Å²) >= 11 is 0. The Labute approximate surface area is 128 Å². The van der Waals surface area contributed by atoms with Gasteiger partial charge in [0.2, 0.25) is 0 Å². The molecule has 1 heterocycles. The van der Waals surface area contributed by atoms with Gasteiger partial charge in [-0.3, -0.25) is 4.99 Å². The lowest BCUT2D eigenvalue weighted by atomic mass is 10.1. The van der Waals surface area contributed by atoms with Gasteiger partial charge in [-0.05, 0) is 39.4 Å². The Kier molecular flexibility index (Phi) is 6.05. The first kappa shape index (κ1) is 15.8. The molecule has 0 spiro atoms. The zero-order valence-corrected chi connectivity index (χ0v) is 13.5. The number of aliphatic imine (C=N–C) groups is 1. The van der Waals surface area contributed by atoms with Crippen molar-refractivity contribution in [2.75, 3.05) is 40.3 Å². The first-order valence-corrected chi connectivity index (χ1v) is 7.97. The molecule has 116 valence electrons. The first-order valence-electron chi connectivity index (χ1n) is 7.97. The topological polar surface area (TPSA) is 30.9 Å². The van der Waals surface area contributed by atoms with Crippen LogP contribution in [0.1, 0.15) is 31.4 Å². The summed E-state index contributed by atoms with van der Waals surface area (Å²) in [6, 6.07) is 10.9. The lowest BCUT2D eigenvalue weighted by Gasteiger charge is -2.25. The van der Waals surface area contributed by atoms with E-state index in [1.165, 1.54) is 18.4 Å². The maximum Gasteiger partial charge on any atom is 0.193 e. The van der Waals surface area contributed by atoms with E-state index >= 15 is 0 Å². The van der Waals surface area contributed by atoms with Gasteiger partial charge in [0.1, 0.15) is 0 Å². The third kappa shape index (κ3) is 4.46. The Hall–Kier alpha value is -1.55. The minimum absolute atomic E-state index is 0.322. The molecule has 1 aromatic carbocycles. The van der Waals surface area contributed by atoms with Crippen molar-refractivity contribution in [1.29, 1.82) is 0 Å². The van der Waals surface area contributed by atoms with Crippen LogP contribution in [0.4, 0.5) is 0 Å². The van der Waals surface area contributed by atoms with Gasteiger partial charge in [-0.15, -0.1) is 0 Å². The maximum atomic E-state index is 4.88. The highest BCUT2D eigenvalue weighted by molar-refractivity contribution is 5.80. The lowest BCUT2D eigenvalue weighted by Crippen LogP contribution is -2.40. The van der Waals surface area contributed by atoms with Crippen LogP contribution in [0.15, 0.2) is 35.3 Å². The van der Waals surface area contributed by atoms with Gasteiger partial charge in [0, 0.05) is 19.6 Å². The Balaban J connectivity index is 2.09. The minimum Gasteiger partial charge on any atom is -0.357 e. The van der Waals surface area contributed by atoms with Crippen molar-refractivity contribution in [3.63, 3.8) is 0 Å². The highest BCUT2D eigenvalue weighted by Crippen LogP contribution is 2.18. The average molecular weight is 288 g/mol. The van der Waals surface area contributed by atoms with E-state index in [0.29, 0.717) is 6.04 Å². The highest BCUT2D eigenvalue weighted by Gasteiger charge is 2.18. The van der Waals surface area contributed by atoms with Crippen LogP contribution in [0.2, 0.25) is 0 Å². The summed E-state index contributed by atoms with van der Waals surface area (Å²) in [5.74, 6) is 1.07. The standard InChI is InChI=1S/C17H28N4/c1-4-18-17(21-12-8-9-13-21)19-14-16(20(2)3)15-10-6-5-7-11-15/h5-7,10-11,16H,4,8-9,12-14H2,1-3H3,(H,18,19). The van der Waals surface area contributed by atoms with Crippen molar-refractivity contribution in [2.24, 2.45) is 4.99 Å². The molecule has 1 saturated heterocycles. The summed E-state index contributed by atoms with van der Waals surface area (Å²) in [5, 5.41) is 3.43. The number of likely N-dealkylation sites (tertiary alicyclic amines) is 1. The largest absolute Gasteiger partial charge is 0.357 e. The summed E-state index contributed by atoms with van der Waals surface area (Å²) in [7, 11) is 4.24. The molecule has 0 aromatic heterocycles. The maximum absolute atomic E-state index is 4.88. The number of hydrogen-bond donors (Lipinski definition) is 1. The first-order chi connectivity index (χ1) is 10.2. The second kappa shape index (κ2) is 8.03. The van der Waals surface area contributed by atoms with Crippen LogP contribution in [-0.2, 0) is 0 Å². The molecule has 0 amide bonds. The van der Waals surface area contributed by atoms with Gasteiger partial charge in [0.25, 0.3) is 0 Å². The summed E-state index contributed by atoms with van der Waals surface area (Å²) in [6.45, 7) is 6.10. The monoisotopic (exact) mass is 288 g/mol. The third-order valence-electron chi connectivity index (χ3n) is 3.96. The molecular formula is C17H28N4. The number of likely N-dealkylation sites (N-methyl/N-ethyl adjacent to an activating group) is 1. The van der Waals surface area contributed by atoms with Gasteiger partial charge in [-0.25, -0.2) is 0 Å². The van der Waals surface area contributed by atoms with Crippen LogP contribution >= 0.6 is 0 Å². The Morgan fingerprint density at radius 3 is 2.48 bits per heavy atom. The van der Waals surface area contributed by atoms with E-state index in [9.17, 15) is 0 Å². The molecule has 4 heteroatoms. The Morgan fingerprint density at radius 2 is 1.90 bits per heavy atom. The Morgan fingerprint density at radius 1 is 1.24 bits per heavy atom. The molecule has 1 unspecified atom stereocenters. The van der Waals surface area contributed by atoms with Crippen molar-refractivity contribution in [1.82, 2.24) is 15.1 Å². The lowest BCUT2D eigenvalue weighted by molar-refractivity contribution is 0.305. The molecule has 2 rings (SSSR count). The zero-order valence-electron chi connectivity index (χ0n) is 13.5. The summed E-state index contributed by atoms with van der Waals surface area (Å²) < 4.78 is 0. The molecule has 0 saturated carbocycles. The van der Waals surface area contributed by atoms with E-state index in [4.69, 9.17) is 4.99 Å². The molecular weight excluding hydrogens is 260 g/mol. The number of nitrogens with zero attached hydrogens (tertiary/aromatic N) is 3. The molecule has 1 aliphatic rings.